The molecule has 0 aromatic carbocycles. The van der Waals surface area contributed by atoms with Gasteiger partial charge in [0, 0.05) is 11.5 Å². The molecule has 0 fully saturated rings. The number of aliphatic hydroxyl groups is 1. The van der Waals surface area contributed by atoms with Crippen LogP contribution < -0.4 is 0 Å². The van der Waals surface area contributed by atoms with Crippen molar-refractivity contribution in [2.75, 3.05) is 0 Å². The molecule has 16 heavy (non-hydrogen) atoms. The Bertz CT molecular complexity index is 290. The van der Waals surface area contributed by atoms with E-state index in [0.717, 1.165) is 6.92 Å². The van der Waals surface area contributed by atoms with Crippen LogP contribution in [0.2, 0.25) is 0 Å². The third-order valence-electron chi connectivity index (χ3n) is 2.15. The zero-order valence-electron chi connectivity index (χ0n) is 9.53. The molecule has 1 unspecified atom stereocenters. The van der Waals surface area contributed by atoms with Gasteiger partial charge < -0.3 is 5.11 Å². The maximum Gasteiger partial charge on any atom is 0.417 e. The van der Waals surface area contributed by atoms with Gasteiger partial charge in [-0.05, 0) is 26.3 Å². The van der Waals surface area contributed by atoms with Crippen molar-refractivity contribution in [1.29, 1.82) is 0 Å². The smallest absolute Gasteiger partial charge is 0.380 e. The van der Waals surface area contributed by atoms with Crippen molar-refractivity contribution in [3.8, 4) is 0 Å². The van der Waals surface area contributed by atoms with E-state index < -0.39 is 18.2 Å². The summed E-state index contributed by atoms with van der Waals surface area (Å²) < 4.78 is 36.9. The van der Waals surface area contributed by atoms with Crippen molar-refractivity contribution in [2.45, 2.75) is 45.4 Å². The lowest BCUT2D eigenvalue weighted by atomic mass is 10.00. The highest BCUT2D eigenvalue weighted by atomic mass is 35.5. The fraction of sp³-hybridized carbons (Fsp3) is 0.636. The number of halogens is 4. The summed E-state index contributed by atoms with van der Waals surface area (Å²) in [6.07, 6.45) is -1.56. The Balaban J connectivity index is 4.61. The third kappa shape index (κ3) is 5.03. The number of rotatable bonds is 4. The summed E-state index contributed by atoms with van der Waals surface area (Å²) in [5.41, 5.74) is -2.09. The van der Waals surface area contributed by atoms with Gasteiger partial charge in [-0.1, -0.05) is 30.2 Å². The molecule has 5 heteroatoms. The maximum atomic E-state index is 12.3. The highest BCUT2D eigenvalue weighted by molar-refractivity contribution is 6.29. The molecular formula is C11H16ClF3O. The lowest BCUT2D eigenvalue weighted by Gasteiger charge is -2.24. The van der Waals surface area contributed by atoms with Crippen LogP contribution in [-0.2, 0) is 0 Å². The van der Waals surface area contributed by atoms with Crippen molar-refractivity contribution < 1.29 is 18.3 Å². The second-order valence-corrected chi connectivity index (χ2v) is 4.35. The fourth-order valence-corrected chi connectivity index (χ4v) is 1.06. The van der Waals surface area contributed by atoms with Gasteiger partial charge in [0.1, 0.15) is 0 Å². The second kappa shape index (κ2) is 5.73. The van der Waals surface area contributed by atoms with Crippen molar-refractivity contribution >= 4 is 11.6 Å². The first-order chi connectivity index (χ1) is 7.10. The lowest BCUT2D eigenvalue weighted by Crippen LogP contribution is -2.41. The number of alkyl halides is 3. The first kappa shape index (κ1) is 15.5. The minimum atomic E-state index is -4.62. The molecule has 0 rings (SSSR count). The zero-order chi connectivity index (χ0) is 13.0. The Morgan fingerprint density at radius 3 is 2.25 bits per heavy atom. The average molecular weight is 257 g/mol. The topological polar surface area (TPSA) is 20.2 Å². The molecule has 0 amide bonds. The minimum absolute atomic E-state index is 0.479. The molecule has 1 nitrogen and oxygen atoms in total. The lowest BCUT2D eigenvalue weighted by molar-refractivity contribution is -0.251. The summed E-state index contributed by atoms with van der Waals surface area (Å²) in [4.78, 5) is 0. The van der Waals surface area contributed by atoms with E-state index in [9.17, 15) is 13.2 Å². The van der Waals surface area contributed by atoms with Crippen LogP contribution in [0.1, 0.15) is 33.6 Å². The Morgan fingerprint density at radius 1 is 1.38 bits per heavy atom. The van der Waals surface area contributed by atoms with Gasteiger partial charge in [-0.15, -0.1) is 0 Å². The molecule has 0 radical (unpaired) electrons. The standard InChI is InChI=1S/C11H16ClF3O/c1-4-9(12)7-8(2)5-6-10(3,16)11(13,14)15/h5,7,16H,4,6H2,1-3H3/b8-5-,9-7+. The maximum absolute atomic E-state index is 12.3. The van der Waals surface area contributed by atoms with Gasteiger partial charge in [-0.25, -0.2) is 0 Å². The molecule has 0 aliphatic rings. The highest BCUT2D eigenvalue weighted by Crippen LogP contribution is 2.33. The fourth-order valence-electron chi connectivity index (χ4n) is 0.883. The Morgan fingerprint density at radius 2 is 1.88 bits per heavy atom. The summed E-state index contributed by atoms with van der Waals surface area (Å²) in [7, 11) is 0. The van der Waals surface area contributed by atoms with E-state index in [4.69, 9.17) is 16.7 Å². The monoisotopic (exact) mass is 256 g/mol. The van der Waals surface area contributed by atoms with Crippen LogP contribution in [-0.4, -0.2) is 16.9 Å². The molecule has 0 spiro atoms. The third-order valence-corrected chi connectivity index (χ3v) is 2.53. The summed E-state index contributed by atoms with van der Waals surface area (Å²) in [6.45, 7) is 4.24. The van der Waals surface area contributed by atoms with Gasteiger partial charge in [-0.2, -0.15) is 13.2 Å². The SMILES string of the molecule is CC/C(Cl)=C\C(C)=C/CC(C)(O)C(F)(F)F. The Hall–Kier alpha value is -0.480. The van der Waals surface area contributed by atoms with E-state index in [1.807, 2.05) is 6.92 Å². The van der Waals surface area contributed by atoms with Gasteiger partial charge in [0.05, 0.1) is 0 Å². The van der Waals surface area contributed by atoms with Gasteiger partial charge in [-0.3, -0.25) is 0 Å². The summed E-state index contributed by atoms with van der Waals surface area (Å²) in [5, 5.41) is 9.74. The largest absolute Gasteiger partial charge is 0.417 e. The van der Waals surface area contributed by atoms with Crippen LogP contribution in [0, 0.1) is 0 Å². The molecule has 0 aliphatic heterocycles. The van der Waals surface area contributed by atoms with Crippen LogP contribution in [0.25, 0.3) is 0 Å². The van der Waals surface area contributed by atoms with Crippen molar-refractivity contribution in [1.82, 2.24) is 0 Å². The summed E-state index contributed by atoms with van der Waals surface area (Å²) >= 11 is 5.74. The second-order valence-electron chi connectivity index (χ2n) is 3.87. The predicted molar refractivity (Wildman–Crippen MR) is 59.3 cm³/mol. The summed E-state index contributed by atoms with van der Waals surface area (Å²) in [5.74, 6) is 0. The van der Waals surface area contributed by atoms with E-state index in [1.54, 1.807) is 13.0 Å². The highest BCUT2D eigenvalue weighted by Gasteiger charge is 2.48. The van der Waals surface area contributed by atoms with E-state index in [0.29, 0.717) is 17.0 Å². The molecule has 94 valence electrons. The molecule has 0 aromatic rings. The first-order valence-corrected chi connectivity index (χ1v) is 5.30. The van der Waals surface area contributed by atoms with Crippen molar-refractivity contribution in [3.05, 3.63) is 22.8 Å². The average Bonchev–Trinajstić information content (AvgIpc) is 2.13. The number of hydrogen-bond acceptors (Lipinski definition) is 1. The van der Waals surface area contributed by atoms with Crippen LogP contribution in [0.15, 0.2) is 22.8 Å². The molecule has 0 bridgehead atoms. The van der Waals surface area contributed by atoms with E-state index in [2.05, 4.69) is 0 Å². The van der Waals surface area contributed by atoms with Crippen LogP contribution >= 0.6 is 11.6 Å². The molecule has 0 aromatic heterocycles. The number of allylic oxidation sites excluding steroid dienone is 3. The normalized spacial score (nSPS) is 18.5. The Kier molecular flexibility index (Phi) is 5.56. The van der Waals surface area contributed by atoms with Gasteiger partial charge in [0.25, 0.3) is 0 Å². The molecule has 1 N–H and O–H groups in total. The molecule has 0 heterocycles. The van der Waals surface area contributed by atoms with Gasteiger partial charge >= 0.3 is 6.18 Å². The van der Waals surface area contributed by atoms with Crippen LogP contribution in [0.5, 0.6) is 0 Å². The van der Waals surface area contributed by atoms with Crippen LogP contribution in [0.4, 0.5) is 13.2 Å². The molecule has 0 saturated carbocycles. The molecule has 0 saturated heterocycles. The molecule has 0 aliphatic carbocycles. The quantitative estimate of drug-likeness (QED) is 0.749. The van der Waals surface area contributed by atoms with Gasteiger partial charge in [0.15, 0.2) is 5.60 Å². The predicted octanol–water partition coefficient (Wildman–Crippen LogP) is 4.17. The first-order valence-electron chi connectivity index (χ1n) is 4.92. The number of hydrogen-bond donors (Lipinski definition) is 1. The van der Waals surface area contributed by atoms with Gasteiger partial charge in [0.2, 0.25) is 0 Å². The van der Waals surface area contributed by atoms with Crippen LogP contribution in [0.3, 0.4) is 0 Å². The van der Waals surface area contributed by atoms with E-state index >= 15 is 0 Å². The van der Waals surface area contributed by atoms with Crippen molar-refractivity contribution in [3.63, 3.8) is 0 Å². The van der Waals surface area contributed by atoms with E-state index in [1.165, 1.54) is 6.08 Å². The molecule has 1 atom stereocenters. The van der Waals surface area contributed by atoms with E-state index in [-0.39, 0.29) is 0 Å². The Labute approximate surface area is 98.6 Å². The summed E-state index contributed by atoms with van der Waals surface area (Å²) in [6, 6.07) is 0. The minimum Gasteiger partial charge on any atom is -0.380 e. The van der Waals surface area contributed by atoms with Crippen molar-refractivity contribution in [2.24, 2.45) is 0 Å². The molecular weight excluding hydrogens is 241 g/mol. The zero-order valence-corrected chi connectivity index (χ0v) is 10.3.